The standard InChI is InChI=1S/C20H14N4.3ClH.Mn/c1-2-14-10-16-5-6-18(23-16)12-20-8-7-19(24-20)11-17-4-3-15(22-17)9-13(1)21-14;;;;/h1-12,21,24H;3*1H;/q;;;;+3/p-3. The Balaban J connectivity index is 0.000000980. The summed E-state index contributed by atoms with van der Waals surface area (Å²) in [6.07, 6.45) is 8.09. The summed E-state index contributed by atoms with van der Waals surface area (Å²) in [5.41, 5.74) is 7.86. The second-order valence-electron chi connectivity index (χ2n) is 5.91. The zero-order valence-electron chi connectivity index (χ0n) is 14.3. The molecule has 0 unspecified atom stereocenters. The van der Waals surface area contributed by atoms with Crippen molar-refractivity contribution in [1.29, 1.82) is 0 Å². The maximum absolute atomic E-state index is 4.63. The van der Waals surface area contributed by atoms with Crippen molar-refractivity contribution in [3.63, 3.8) is 0 Å². The summed E-state index contributed by atoms with van der Waals surface area (Å²) in [4.78, 5) is 16.0. The van der Waals surface area contributed by atoms with Crippen molar-refractivity contribution < 1.29 is 54.3 Å². The van der Waals surface area contributed by atoms with Crippen molar-refractivity contribution in [2.45, 2.75) is 0 Å². The van der Waals surface area contributed by atoms with Crippen molar-refractivity contribution in [2.24, 2.45) is 0 Å². The molecule has 2 aliphatic heterocycles. The van der Waals surface area contributed by atoms with Gasteiger partial charge in [0.2, 0.25) is 0 Å². The quantitative estimate of drug-likeness (QED) is 0.225. The number of halogens is 3. The molecule has 2 aliphatic rings. The van der Waals surface area contributed by atoms with Crippen LogP contribution in [-0.4, -0.2) is 19.9 Å². The van der Waals surface area contributed by atoms with E-state index in [9.17, 15) is 0 Å². The number of nitrogens with one attached hydrogen (secondary N) is 2. The molecule has 5 rings (SSSR count). The number of hydrogen-bond acceptors (Lipinski definition) is 2. The van der Waals surface area contributed by atoms with E-state index in [0.717, 1.165) is 44.8 Å². The van der Waals surface area contributed by atoms with Crippen LogP contribution in [0.15, 0.2) is 48.5 Å². The Labute approximate surface area is 191 Å². The molecule has 5 heterocycles. The Hall–Kier alpha value is -2.01. The molecular weight excluding hydrogens is 458 g/mol. The van der Waals surface area contributed by atoms with Gasteiger partial charge in [-0.25, -0.2) is 9.97 Å². The molecule has 0 aliphatic carbocycles. The minimum Gasteiger partial charge on any atom is -1.00 e. The molecule has 8 heteroatoms. The fraction of sp³-hybridized carbons (Fsp3) is 0. The monoisotopic (exact) mass is 470 g/mol. The first-order valence-electron chi connectivity index (χ1n) is 7.85. The van der Waals surface area contributed by atoms with Gasteiger partial charge in [-0.2, -0.15) is 0 Å². The topological polar surface area (TPSA) is 57.4 Å². The summed E-state index contributed by atoms with van der Waals surface area (Å²) in [6.45, 7) is 0. The predicted octanol–water partition coefficient (Wildman–Crippen LogP) is -4.33. The fourth-order valence-corrected chi connectivity index (χ4v) is 2.94. The molecule has 3 aromatic rings. The third kappa shape index (κ3) is 5.07. The fourth-order valence-electron chi connectivity index (χ4n) is 2.94. The van der Waals surface area contributed by atoms with E-state index < -0.39 is 0 Å². The summed E-state index contributed by atoms with van der Waals surface area (Å²) in [7, 11) is 0. The van der Waals surface area contributed by atoms with E-state index in [2.05, 4.69) is 44.2 Å². The Morgan fingerprint density at radius 1 is 0.464 bits per heavy atom. The van der Waals surface area contributed by atoms with Crippen LogP contribution in [0.2, 0.25) is 0 Å². The summed E-state index contributed by atoms with van der Waals surface area (Å²) < 4.78 is 0. The second kappa shape index (κ2) is 9.96. The van der Waals surface area contributed by atoms with Gasteiger partial charge in [0.1, 0.15) is 0 Å². The van der Waals surface area contributed by atoms with Crippen molar-refractivity contribution in [3.05, 3.63) is 71.3 Å². The second-order valence-corrected chi connectivity index (χ2v) is 5.91. The van der Waals surface area contributed by atoms with E-state index in [1.165, 1.54) is 0 Å². The number of rotatable bonds is 0. The van der Waals surface area contributed by atoms with Crippen LogP contribution in [0.3, 0.4) is 0 Å². The van der Waals surface area contributed by atoms with Gasteiger partial charge in [0, 0.05) is 22.1 Å². The number of nitrogens with zero attached hydrogens (tertiary/aromatic N) is 2. The Bertz CT molecular complexity index is 1000. The number of aromatic nitrogens is 4. The van der Waals surface area contributed by atoms with Crippen LogP contribution in [0.4, 0.5) is 0 Å². The molecule has 142 valence electrons. The minimum absolute atomic E-state index is 0. The van der Waals surface area contributed by atoms with E-state index in [4.69, 9.17) is 0 Å². The molecule has 0 atom stereocenters. The molecule has 0 radical (unpaired) electrons. The molecule has 0 saturated heterocycles. The maximum atomic E-state index is 4.63. The van der Waals surface area contributed by atoms with Crippen LogP contribution >= 0.6 is 0 Å². The van der Waals surface area contributed by atoms with E-state index >= 15 is 0 Å². The average molecular weight is 472 g/mol. The first-order chi connectivity index (χ1) is 11.8. The summed E-state index contributed by atoms with van der Waals surface area (Å²) in [5, 5.41) is 0. The van der Waals surface area contributed by atoms with Gasteiger partial charge in [-0.15, -0.1) is 0 Å². The van der Waals surface area contributed by atoms with Gasteiger partial charge < -0.3 is 47.2 Å². The van der Waals surface area contributed by atoms with Gasteiger partial charge in [0.25, 0.3) is 0 Å². The summed E-state index contributed by atoms with van der Waals surface area (Å²) >= 11 is 0. The molecular formula is C20H14Cl3MnN4. The third-order valence-corrected chi connectivity index (χ3v) is 4.04. The van der Waals surface area contributed by atoms with E-state index in [0.29, 0.717) is 0 Å². The van der Waals surface area contributed by atoms with Gasteiger partial charge in [-0.05, 0) is 72.8 Å². The molecule has 28 heavy (non-hydrogen) atoms. The molecule has 0 saturated carbocycles. The normalized spacial score (nSPS) is 10.9. The predicted molar refractivity (Wildman–Crippen MR) is 98.9 cm³/mol. The minimum atomic E-state index is 0. The number of fused-ring (bicyclic) bond motifs is 8. The van der Waals surface area contributed by atoms with Crippen LogP contribution in [0.1, 0.15) is 22.8 Å². The first kappa shape index (κ1) is 24.0. The molecule has 2 N–H and O–H groups in total. The Kier molecular flexibility index (Phi) is 8.55. The maximum Gasteiger partial charge on any atom is 3.00 e. The van der Waals surface area contributed by atoms with Crippen LogP contribution in [-0.2, 0) is 17.1 Å². The van der Waals surface area contributed by atoms with Crippen molar-refractivity contribution in [1.82, 2.24) is 19.9 Å². The van der Waals surface area contributed by atoms with Gasteiger partial charge in [-0.1, -0.05) is 0 Å². The largest absolute Gasteiger partial charge is 3.00 e. The smallest absolute Gasteiger partial charge is 1.00 e. The van der Waals surface area contributed by atoms with Gasteiger partial charge >= 0.3 is 17.1 Å². The SMILES string of the molecule is C1=Cc2cc3ccc(cc4nc(cc5ccc(cc1n2)[nH]5)C=C4)[nH]3.[Cl-].[Cl-].[Cl-].[Mn+3]. The molecule has 0 aromatic carbocycles. The number of aromatic amines is 2. The summed E-state index contributed by atoms with van der Waals surface area (Å²) in [6, 6.07) is 16.4. The van der Waals surface area contributed by atoms with E-state index in [-0.39, 0.29) is 54.3 Å². The van der Waals surface area contributed by atoms with Gasteiger partial charge in [0.05, 0.1) is 22.8 Å². The molecule has 0 fully saturated rings. The van der Waals surface area contributed by atoms with Crippen LogP contribution in [0, 0.1) is 0 Å². The van der Waals surface area contributed by atoms with Crippen molar-refractivity contribution in [2.75, 3.05) is 0 Å². The zero-order valence-corrected chi connectivity index (χ0v) is 17.8. The van der Waals surface area contributed by atoms with Crippen molar-refractivity contribution in [3.8, 4) is 0 Å². The van der Waals surface area contributed by atoms with E-state index in [1.54, 1.807) is 0 Å². The Morgan fingerprint density at radius 3 is 0.964 bits per heavy atom. The van der Waals surface area contributed by atoms with Crippen LogP contribution in [0.5, 0.6) is 0 Å². The van der Waals surface area contributed by atoms with Crippen LogP contribution < -0.4 is 37.2 Å². The Morgan fingerprint density at radius 2 is 0.714 bits per heavy atom. The number of hydrogen-bond donors (Lipinski definition) is 2. The molecule has 0 spiro atoms. The first-order valence-corrected chi connectivity index (χ1v) is 7.85. The summed E-state index contributed by atoms with van der Waals surface area (Å²) in [5.74, 6) is 0. The zero-order chi connectivity index (χ0) is 15.9. The van der Waals surface area contributed by atoms with E-state index in [1.807, 2.05) is 48.6 Å². The third-order valence-electron chi connectivity index (χ3n) is 4.04. The molecule has 0 amide bonds. The van der Waals surface area contributed by atoms with Crippen LogP contribution in [0.25, 0.3) is 46.4 Å². The molecule has 3 aromatic heterocycles. The molecule has 4 nitrogen and oxygen atoms in total. The molecule has 8 bridgehead atoms. The number of H-pyrrole nitrogens is 2. The average Bonchev–Trinajstić information content (AvgIpc) is 3.32. The van der Waals surface area contributed by atoms with Crippen molar-refractivity contribution >= 4 is 46.4 Å². The van der Waals surface area contributed by atoms with Gasteiger partial charge in [0.15, 0.2) is 0 Å². The van der Waals surface area contributed by atoms with Gasteiger partial charge in [-0.3, -0.25) is 0 Å².